The van der Waals surface area contributed by atoms with Gasteiger partial charge in [0.25, 0.3) is 10.2 Å². The van der Waals surface area contributed by atoms with Crippen molar-refractivity contribution in [2.75, 3.05) is 13.1 Å². The molecule has 0 bridgehead atoms. The third kappa shape index (κ3) is 10.1. The molecule has 0 rings (SSSR count). The Labute approximate surface area is 93.2 Å². The van der Waals surface area contributed by atoms with Crippen LogP contribution in [0.25, 0.3) is 0 Å². The molecule has 0 aromatic carbocycles. The van der Waals surface area contributed by atoms with E-state index in [9.17, 15) is 8.42 Å². The Hall–Kier alpha value is -0.170. The van der Waals surface area contributed by atoms with Gasteiger partial charge in [0.15, 0.2) is 0 Å². The molecular formula is C9H23N3O2S. The van der Waals surface area contributed by atoms with Crippen LogP contribution < -0.4 is 14.8 Å². The molecule has 92 valence electrons. The van der Waals surface area contributed by atoms with Crippen LogP contribution in [0.15, 0.2) is 0 Å². The van der Waals surface area contributed by atoms with Gasteiger partial charge in [0.1, 0.15) is 0 Å². The predicted molar refractivity (Wildman–Crippen MR) is 62.9 cm³/mol. The van der Waals surface area contributed by atoms with Crippen molar-refractivity contribution in [1.29, 1.82) is 0 Å². The Kier molecular flexibility index (Phi) is 5.72. The summed E-state index contributed by atoms with van der Waals surface area (Å²) >= 11 is 0. The van der Waals surface area contributed by atoms with Crippen molar-refractivity contribution in [1.82, 2.24) is 14.8 Å². The van der Waals surface area contributed by atoms with Gasteiger partial charge in [-0.3, -0.25) is 0 Å². The van der Waals surface area contributed by atoms with Crippen LogP contribution in [0.4, 0.5) is 0 Å². The number of nitrogens with one attached hydrogen (secondary N) is 3. The Bertz CT molecular complexity index is 268. The van der Waals surface area contributed by atoms with Crippen LogP contribution in [0.3, 0.4) is 0 Å². The second-order valence-electron chi connectivity index (χ2n) is 4.86. The maximum Gasteiger partial charge on any atom is 0.277 e. The highest BCUT2D eigenvalue weighted by molar-refractivity contribution is 7.87. The first kappa shape index (κ1) is 14.8. The lowest BCUT2D eigenvalue weighted by atomic mass is 10.1. The Morgan fingerprint density at radius 1 is 1.13 bits per heavy atom. The van der Waals surface area contributed by atoms with E-state index in [1.54, 1.807) is 20.8 Å². The summed E-state index contributed by atoms with van der Waals surface area (Å²) in [5.74, 6) is 0. The first-order chi connectivity index (χ1) is 6.62. The van der Waals surface area contributed by atoms with Crippen LogP contribution in [0.1, 0.15) is 34.6 Å². The number of hydrogen-bond acceptors (Lipinski definition) is 3. The standard InChI is InChI=1S/C9H23N3O2S/c1-8(2)10-6-7-11-15(13,14)12-9(3,4)5/h8,10-12H,6-7H2,1-5H3. The molecule has 0 aliphatic carbocycles. The summed E-state index contributed by atoms with van der Waals surface area (Å²) in [4.78, 5) is 0. The third-order valence-electron chi connectivity index (χ3n) is 1.41. The maximum atomic E-state index is 11.4. The van der Waals surface area contributed by atoms with Crippen molar-refractivity contribution in [3.8, 4) is 0 Å². The normalized spacial score (nSPS) is 13.5. The van der Waals surface area contributed by atoms with Crippen LogP contribution in [0, 0.1) is 0 Å². The molecule has 0 saturated carbocycles. The fourth-order valence-corrected chi connectivity index (χ4v) is 2.23. The minimum atomic E-state index is -3.38. The van der Waals surface area contributed by atoms with Gasteiger partial charge in [-0.05, 0) is 20.8 Å². The summed E-state index contributed by atoms with van der Waals surface area (Å²) in [6.07, 6.45) is 0. The van der Waals surface area contributed by atoms with E-state index in [1.807, 2.05) is 13.8 Å². The third-order valence-corrected chi connectivity index (χ3v) is 2.88. The van der Waals surface area contributed by atoms with Gasteiger partial charge >= 0.3 is 0 Å². The van der Waals surface area contributed by atoms with Crippen molar-refractivity contribution in [3.63, 3.8) is 0 Å². The first-order valence-corrected chi connectivity index (χ1v) is 6.63. The van der Waals surface area contributed by atoms with Gasteiger partial charge < -0.3 is 5.32 Å². The Morgan fingerprint density at radius 2 is 1.67 bits per heavy atom. The highest BCUT2D eigenvalue weighted by Gasteiger charge is 2.18. The molecule has 0 heterocycles. The molecule has 0 spiro atoms. The minimum absolute atomic E-state index is 0.366. The minimum Gasteiger partial charge on any atom is -0.313 e. The molecule has 0 unspecified atom stereocenters. The van der Waals surface area contributed by atoms with Crippen molar-refractivity contribution in [2.24, 2.45) is 0 Å². The molecule has 0 amide bonds. The van der Waals surface area contributed by atoms with E-state index in [-0.39, 0.29) is 0 Å². The Morgan fingerprint density at radius 3 is 2.07 bits per heavy atom. The lowest BCUT2D eigenvalue weighted by Gasteiger charge is -2.20. The van der Waals surface area contributed by atoms with Gasteiger partial charge in [0.05, 0.1) is 0 Å². The van der Waals surface area contributed by atoms with E-state index in [0.29, 0.717) is 19.1 Å². The second kappa shape index (κ2) is 5.79. The monoisotopic (exact) mass is 237 g/mol. The van der Waals surface area contributed by atoms with Crippen molar-refractivity contribution >= 4 is 10.2 Å². The fourth-order valence-electron chi connectivity index (χ4n) is 0.985. The van der Waals surface area contributed by atoms with Crippen LogP contribution >= 0.6 is 0 Å². The summed E-state index contributed by atoms with van der Waals surface area (Å²) in [6, 6.07) is 0.366. The lowest BCUT2D eigenvalue weighted by molar-refractivity contribution is 0.481. The predicted octanol–water partition coefficient (Wildman–Crippen LogP) is 0.207. The highest BCUT2D eigenvalue weighted by Crippen LogP contribution is 1.99. The van der Waals surface area contributed by atoms with Crippen LogP contribution in [-0.2, 0) is 10.2 Å². The van der Waals surface area contributed by atoms with Gasteiger partial charge in [0, 0.05) is 24.7 Å². The second-order valence-corrected chi connectivity index (χ2v) is 6.36. The molecule has 0 aromatic heterocycles. The van der Waals surface area contributed by atoms with Gasteiger partial charge in [-0.1, -0.05) is 13.8 Å². The molecule has 0 aliphatic rings. The highest BCUT2D eigenvalue weighted by atomic mass is 32.2. The van der Waals surface area contributed by atoms with Crippen LogP contribution in [0.2, 0.25) is 0 Å². The number of rotatable bonds is 6. The fraction of sp³-hybridized carbons (Fsp3) is 1.00. The van der Waals surface area contributed by atoms with Gasteiger partial charge in [-0.2, -0.15) is 13.1 Å². The topological polar surface area (TPSA) is 70.2 Å². The summed E-state index contributed by atoms with van der Waals surface area (Å²) in [7, 11) is -3.38. The molecule has 3 N–H and O–H groups in total. The van der Waals surface area contributed by atoms with E-state index >= 15 is 0 Å². The lowest BCUT2D eigenvalue weighted by Crippen LogP contribution is -2.48. The molecule has 0 aromatic rings. The summed E-state index contributed by atoms with van der Waals surface area (Å²) < 4.78 is 27.9. The van der Waals surface area contributed by atoms with Crippen LogP contribution in [-0.4, -0.2) is 33.1 Å². The molecule has 5 nitrogen and oxygen atoms in total. The quantitative estimate of drug-likeness (QED) is 0.578. The van der Waals surface area contributed by atoms with Crippen molar-refractivity contribution in [3.05, 3.63) is 0 Å². The first-order valence-electron chi connectivity index (χ1n) is 5.14. The largest absolute Gasteiger partial charge is 0.313 e. The SMILES string of the molecule is CC(C)NCCNS(=O)(=O)NC(C)(C)C. The van der Waals surface area contributed by atoms with E-state index in [4.69, 9.17) is 0 Å². The molecule has 6 heteroatoms. The van der Waals surface area contributed by atoms with E-state index in [2.05, 4.69) is 14.8 Å². The van der Waals surface area contributed by atoms with E-state index in [0.717, 1.165) is 0 Å². The molecule has 0 atom stereocenters. The average Bonchev–Trinajstić information content (AvgIpc) is 1.93. The smallest absolute Gasteiger partial charge is 0.277 e. The molecular weight excluding hydrogens is 214 g/mol. The van der Waals surface area contributed by atoms with Gasteiger partial charge in [0.2, 0.25) is 0 Å². The van der Waals surface area contributed by atoms with E-state index in [1.165, 1.54) is 0 Å². The van der Waals surface area contributed by atoms with Gasteiger partial charge in [-0.25, -0.2) is 4.72 Å². The molecule has 0 fully saturated rings. The zero-order chi connectivity index (χ0) is 12.1. The molecule has 0 radical (unpaired) electrons. The van der Waals surface area contributed by atoms with Gasteiger partial charge in [-0.15, -0.1) is 0 Å². The summed E-state index contributed by atoms with van der Waals surface area (Å²) in [6.45, 7) is 10.5. The summed E-state index contributed by atoms with van der Waals surface area (Å²) in [5.41, 5.74) is -0.447. The van der Waals surface area contributed by atoms with E-state index < -0.39 is 15.7 Å². The molecule has 0 aliphatic heterocycles. The zero-order valence-electron chi connectivity index (χ0n) is 10.2. The van der Waals surface area contributed by atoms with Crippen molar-refractivity contribution in [2.45, 2.75) is 46.2 Å². The summed E-state index contributed by atoms with van der Waals surface area (Å²) in [5, 5.41) is 3.13. The molecule has 15 heavy (non-hydrogen) atoms. The van der Waals surface area contributed by atoms with Crippen LogP contribution in [0.5, 0.6) is 0 Å². The maximum absolute atomic E-state index is 11.4. The number of hydrogen-bond donors (Lipinski definition) is 3. The van der Waals surface area contributed by atoms with Crippen molar-refractivity contribution < 1.29 is 8.42 Å². The Balaban J connectivity index is 3.86. The average molecular weight is 237 g/mol. The zero-order valence-corrected chi connectivity index (χ0v) is 11.0. The molecule has 0 saturated heterocycles.